The fraction of sp³-hybridized carbons (Fsp3) is 0.250. The number of hydrogen-bond donors (Lipinski definition) is 2. The number of hydrogen-bond acceptors (Lipinski definition) is 4. The molecule has 1 atom stereocenters. The molecule has 0 saturated carbocycles. The second-order valence-electron chi connectivity index (χ2n) is 5.98. The van der Waals surface area contributed by atoms with Gasteiger partial charge in [-0.2, -0.15) is 4.76 Å². The molecule has 4 rings (SSSR count). The van der Waals surface area contributed by atoms with E-state index in [-0.39, 0.29) is 5.82 Å². The van der Waals surface area contributed by atoms with Gasteiger partial charge >= 0.3 is 6.57 Å². The average Bonchev–Trinajstić information content (AvgIpc) is 2.98. The maximum Gasteiger partial charge on any atom is 0.325 e. The third-order valence-corrected chi connectivity index (χ3v) is 6.42. The Bertz CT molecular complexity index is 856. The Morgan fingerprint density at radius 3 is 2.65 bits per heavy atom. The van der Waals surface area contributed by atoms with Gasteiger partial charge in [0.05, 0.1) is 0 Å². The minimum absolute atomic E-state index is 0.233. The van der Waals surface area contributed by atoms with Crippen LogP contribution in [0.25, 0.3) is 0 Å². The lowest BCUT2D eigenvalue weighted by Gasteiger charge is -2.36. The van der Waals surface area contributed by atoms with Crippen molar-refractivity contribution in [3.8, 4) is 5.75 Å². The molecule has 1 aromatic carbocycles. The Kier molecular flexibility index (Phi) is 4.42. The zero-order chi connectivity index (χ0) is 18.1. The third-order valence-electron chi connectivity index (χ3n) is 4.27. The number of fused-ring (bicyclic) bond motifs is 1. The number of halogens is 1. The van der Waals surface area contributed by atoms with Crippen molar-refractivity contribution in [2.45, 2.75) is 0 Å². The molecular formula is C16H18FN6OPS. The number of anilines is 2. The van der Waals surface area contributed by atoms with Crippen molar-refractivity contribution in [1.82, 2.24) is 9.88 Å². The molecule has 1 saturated heterocycles. The summed E-state index contributed by atoms with van der Waals surface area (Å²) in [5.41, 5.74) is 7.18. The second-order valence-corrected chi connectivity index (χ2v) is 9.11. The van der Waals surface area contributed by atoms with Crippen molar-refractivity contribution < 1.29 is 8.91 Å². The van der Waals surface area contributed by atoms with Gasteiger partial charge < -0.3 is 20.1 Å². The summed E-state index contributed by atoms with van der Waals surface area (Å²) in [6.45, 7) is 0.266. The van der Waals surface area contributed by atoms with E-state index in [9.17, 15) is 4.39 Å². The van der Waals surface area contributed by atoms with Gasteiger partial charge in [-0.3, -0.25) is 5.09 Å². The molecule has 0 bridgehead atoms. The Balaban J connectivity index is 1.41. The van der Waals surface area contributed by atoms with E-state index in [0.29, 0.717) is 30.6 Å². The van der Waals surface area contributed by atoms with Crippen LogP contribution < -0.4 is 20.2 Å². The van der Waals surface area contributed by atoms with Gasteiger partial charge in [0, 0.05) is 38.1 Å². The van der Waals surface area contributed by atoms with Crippen LogP contribution >= 0.6 is 6.57 Å². The standard InChI is InChI=1S/C16H18FN6OPS/c17-12-3-5-13(6-4-12)22-8-10-23(11-9-22)16(18)21-25(26)20-15-14(24-25)2-1-7-19-15/h1-7H,8-11H2,(H3,18,19,20,21,26). The number of piperazine rings is 1. The number of pyridine rings is 1. The molecule has 1 aromatic heterocycles. The highest BCUT2D eigenvalue weighted by Gasteiger charge is 2.31. The molecule has 0 radical (unpaired) electrons. The molecule has 1 fully saturated rings. The van der Waals surface area contributed by atoms with Crippen molar-refractivity contribution in [3.63, 3.8) is 0 Å². The Morgan fingerprint density at radius 1 is 1.23 bits per heavy atom. The molecule has 0 aliphatic carbocycles. The first kappa shape index (κ1) is 17.1. The lowest BCUT2D eigenvalue weighted by atomic mass is 10.2. The van der Waals surface area contributed by atoms with Crippen molar-refractivity contribution in [2.24, 2.45) is 10.5 Å². The molecule has 2 aromatic rings. The van der Waals surface area contributed by atoms with Crippen LogP contribution in [0.1, 0.15) is 0 Å². The Labute approximate surface area is 155 Å². The van der Waals surface area contributed by atoms with Gasteiger partial charge in [0.25, 0.3) is 0 Å². The van der Waals surface area contributed by atoms with Crippen LogP contribution in [0.2, 0.25) is 0 Å². The van der Waals surface area contributed by atoms with Gasteiger partial charge in [-0.15, -0.1) is 0 Å². The first-order valence-corrected chi connectivity index (χ1v) is 10.8. The number of rotatable bonds is 2. The van der Waals surface area contributed by atoms with E-state index in [1.807, 2.05) is 4.90 Å². The first-order chi connectivity index (χ1) is 12.5. The van der Waals surface area contributed by atoms with Crippen LogP contribution in [0.15, 0.2) is 47.4 Å². The second kappa shape index (κ2) is 6.74. The number of aromatic nitrogens is 1. The van der Waals surface area contributed by atoms with Gasteiger partial charge in [-0.25, -0.2) is 9.37 Å². The monoisotopic (exact) mass is 392 g/mol. The molecule has 3 N–H and O–H groups in total. The minimum Gasteiger partial charge on any atom is -0.428 e. The van der Waals surface area contributed by atoms with Gasteiger partial charge in [-0.05, 0) is 48.2 Å². The molecule has 2 aliphatic rings. The number of nitrogens with zero attached hydrogens (tertiary/aromatic N) is 4. The van der Waals surface area contributed by atoms with E-state index in [1.54, 1.807) is 30.5 Å². The van der Waals surface area contributed by atoms with E-state index in [4.69, 9.17) is 22.1 Å². The molecule has 26 heavy (non-hydrogen) atoms. The molecule has 3 heterocycles. The van der Waals surface area contributed by atoms with Crippen LogP contribution in [-0.2, 0) is 11.8 Å². The Morgan fingerprint density at radius 2 is 1.96 bits per heavy atom. The minimum atomic E-state index is -2.67. The SMILES string of the molecule is N/C(=N\P1(=S)Nc2ncccc2O1)N1CCN(c2ccc(F)cc2)CC1. The Hall–Kier alpha value is -2.38. The van der Waals surface area contributed by atoms with Crippen molar-refractivity contribution >= 4 is 35.8 Å². The van der Waals surface area contributed by atoms with E-state index in [1.165, 1.54) is 12.1 Å². The van der Waals surface area contributed by atoms with E-state index >= 15 is 0 Å². The third kappa shape index (κ3) is 3.45. The van der Waals surface area contributed by atoms with Crippen LogP contribution in [-0.4, -0.2) is 42.0 Å². The fourth-order valence-corrected chi connectivity index (χ4v) is 5.06. The summed E-state index contributed by atoms with van der Waals surface area (Å²) in [5, 5.41) is 3.07. The largest absolute Gasteiger partial charge is 0.428 e. The predicted octanol–water partition coefficient (Wildman–Crippen LogP) is 2.39. The quantitative estimate of drug-likeness (QED) is 0.462. The van der Waals surface area contributed by atoms with Crippen LogP contribution in [0.5, 0.6) is 5.75 Å². The van der Waals surface area contributed by atoms with Gasteiger partial charge in [-0.1, -0.05) is 0 Å². The van der Waals surface area contributed by atoms with Gasteiger partial charge in [0.2, 0.25) is 0 Å². The molecule has 0 amide bonds. The number of benzene rings is 1. The molecule has 7 nitrogen and oxygen atoms in total. The maximum atomic E-state index is 13.1. The number of nitrogens with one attached hydrogen (secondary N) is 1. The van der Waals surface area contributed by atoms with Crippen LogP contribution in [0.4, 0.5) is 15.9 Å². The predicted molar refractivity (Wildman–Crippen MR) is 105 cm³/mol. The summed E-state index contributed by atoms with van der Waals surface area (Å²) < 4.78 is 23.3. The number of guanidine groups is 1. The summed E-state index contributed by atoms with van der Waals surface area (Å²) in [7, 11) is 0. The normalized spacial score (nSPS) is 22.6. The summed E-state index contributed by atoms with van der Waals surface area (Å²) in [4.78, 5) is 8.36. The lowest BCUT2D eigenvalue weighted by Crippen LogP contribution is -2.51. The van der Waals surface area contributed by atoms with Crippen molar-refractivity contribution in [2.75, 3.05) is 36.2 Å². The molecular weight excluding hydrogens is 374 g/mol. The highest BCUT2D eigenvalue weighted by Crippen LogP contribution is 2.56. The van der Waals surface area contributed by atoms with Gasteiger partial charge in [0.15, 0.2) is 17.5 Å². The molecule has 10 heteroatoms. The summed E-state index contributed by atoms with van der Waals surface area (Å²) >= 11 is 5.53. The van der Waals surface area contributed by atoms with Crippen LogP contribution in [0.3, 0.4) is 0 Å². The molecule has 1 unspecified atom stereocenters. The number of nitrogens with two attached hydrogens (primary N) is 1. The van der Waals surface area contributed by atoms with Crippen molar-refractivity contribution in [3.05, 3.63) is 48.4 Å². The highest BCUT2D eigenvalue weighted by molar-refractivity contribution is 8.12. The van der Waals surface area contributed by atoms with Crippen LogP contribution in [0, 0.1) is 5.82 Å². The summed E-state index contributed by atoms with van der Waals surface area (Å²) in [6.07, 6.45) is 1.67. The van der Waals surface area contributed by atoms with E-state index in [2.05, 4.69) is 19.7 Å². The highest BCUT2D eigenvalue weighted by atomic mass is 32.4. The molecule has 136 valence electrons. The smallest absolute Gasteiger partial charge is 0.325 e. The van der Waals surface area contributed by atoms with E-state index < -0.39 is 6.57 Å². The molecule has 0 spiro atoms. The zero-order valence-electron chi connectivity index (χ0n) is 13.9. The summed E-state index contributed by atoms with van der Waals surface area (Å²) in [6, 6.07) is 10.1. The lowest BCUT2D eigenvalue weighted by molar-refractivity contribution is 0.382. The zero-order valence-corrected chi connectivity index (χ0v) is 15.6. The average molecular weight is 392 g/mol. The first-order valence-electron chi connectivity index (χ1n) is 8.16. The molecule has 2 aliphatic heterocycles. The summed E-state index contributed by atoms with van der Waals surface area (Å²) in [5.74, 6) is 1.34. The maximum absolute atomic E-state index is 13.1. The topological polar surface area (TPSA) is 79.0 Å². The van der Waals surface area contributed by atoms with E-state index in [0.717, 1.165) is 18.8 Å². The van der Waals surface area contributed by atoms with Crippen molar-refractivity contribution in [1.29, 1.82) is 0 Å². The van der Waals surface area contributed by atoms with Gasteiger partial charge in [0.1, 0.15) is 5.82 Å². The fourth-order valence-electron chi connectivity index (χ4n) is 2.93.